The summed E-state index contributed by atoms with van der Waals surface area (Å²) in [5, 5.41) is 0. The van der Waals surface area contributed by atoms with Crippen molar-refractivity contribution in [2.75, 3.05) is 20.8 Å². The van der Waals surface area contributed by atoms with Crippen LogP contribution in [0.15, 0.2) is 91.3 Å². The molecule has 0 N–H and O–H groups in total. The van der Waals surface area contributed by atoms with Gasteiger partial charge in [-0.1, -0.05) is 86.4 Å². The Morgan fingerprint density at radius 3 is 1.87 bits per heavy atom. The molecule has 6 rings (SSSR count). The number of nitrogens with zero attached hydrogens (tertiary/aromatic N) is 4. The normalized spacial score (nSPS) is 13.6. The first-order valence-corrected chi connectivity index (χ1v) is 18.2. The van der Waals surface area contributed by atoms with E-state index in [0.717, 1.165) is 53.9 Å². The van der Waals surface area contributed by atoms with Crippen molar-refractivity contribution in [1.82, 2.24) is 9.55 Å². The molecule has 1 aliphatic rings. The molecule has 4 aromatic carbocycles. The van der Waals surface area contributed by atoms with Crippen molar-refractivity contribution in [3.63, 3.8) is 0 Å². The highest BCUT2D eigenvalue weighted by Gasteiger charge is 2.35. The molecule has 1 unspecified atom stereocenters. The Morgan fingerprint density at radius 2 is 1.26 bits per heavy atom. The van der Waals surface area contributed by atoms with E-state index in [4.69, 9.17) is 0 Å². The topological polar surface area (TPSA) is 24.3 Å². The number of benzene rings is 4. The molecule has 0 spiro atoms. The number of alkyl halides is 2. The summed E-state index contributed by atoms with van der Waals surface area (Å²) in [6.07, 6.45) is 9.12. The highest BCUT2D eigenvalue weighted by atomic mass is 127. The Labute approximate surface area is 296 Å². The summed E-state index contributed by atoms with van der Waals surface area (Å²) in [5.41, 5.74) is 4.34. The molecule has 46 heavy (non-hydrogen) atoms. The van der Waals surface area contributed by atoms with Crippen molar-refractivity contribution in [2.24, 2.45) is 0 Å². The zero-order chi connectivity index (χ0) is 33.1. The minimum absolute atomic E-state index is 0.0261. The van der Waals surface area contributed by atoms with Crippen LogP contribution < -0.4 is 9.80 Å². The number of halogens is 6. The zero-order valence-electron chi connectivity index (χ0n) is 26.0. The lowest BCUT2D eigenvalue weighted by atomic mass is 10.2. The summed E-state index contributed by atoms with van der Waals surface area (Å²) in [6, 6.07) is 22.7. The molecule has 244 valence electrons. The fourth-order valence-electron chi connectivity index (χ4n) is 5.13. The highest BCUT2D eigenvalue weighted by Crippen LogP contribution is 2.46. The molecular formula is C36H38F4I2N4. The van der Waals surface area contributed by atoms with Gasteiger partial charge in [0.15, 0.2) is 4.17 Å². The van der Waals surface area contributed by atoms with Gasteiger partial charge in [0.1, 0.15) is 29.6 Å². The molecule has 0 aliphatic carbocycles. The fraction of sp³-hybridized carbons (Fsp3) is 0.306. The van der Waals surface area contributed by atoms with Gasteiger partial charge >= 0.3 is 0 Å². The number of rotatable bonds is 9. The van der Waals surface area contributed by atoms with Crippen LogP contribution in [-0.4, -0.2) is 24.7 Å². The van der Waals surface area contributed by atoms with Crippen molar-refractivity contribution >= 4 is 73.3 Å². The lowest BCUT2D eigenvalue weighted by Crippen LogP contribution is -2.36. The number of anilines is 3. The minimum Gasteiger partial charge on any atom is -0.341 e. The van der Waals surface area contributed by atoms with Gasteiger partial charge in [-0.3, -0.25) is 4.57 Å². The molecule has 0 saturated heterocycles. The number of hydrogen-bond donors (Lipinski definition) is 0. The number of fused-ring (bicyclic) bond motifs is 2. The Balaban J connectivity index is 0.000000183. The van der Waals surface area contributed by atoms with E-state index in [0.29, 0.717) is 11.4 Å². The second-order valence-corrected chi connectivity index (χ2v) is 13.0. The first-order chi connectivity index (χ1) is 22.3. The maximum absolute atomic E-state index is 14.3. The standard InChI is InChI=1S/C18H19F2IN2.C13H8F2N2.C5H11I/c1-2-3-6-11-22-16-7-4-5-8-17(16)23(18(22)21)15-10-9-13(19)12-14(15)20;14-9-5-6-12(10(15)7-9)17-8-16-11-3-1-2-4-13(11)17;1-2-3-4-5-6/h4-5,7-10,12,18H,2-3,6,11H2,1H3;1-8H;2-5H2,1H3. The van der Waals surface area contributed by atoms with Crippen LogP contribution in [-0.2, 0) is 0 Å². The van der Waals surface area contributed by atoms with Crippen LogP contribution in [0.25, 0.3) is 16.7 Å². The minimum atomic E-state index is -0.604. The number of aromatic nitrogens is 2. The third kappa shape index (κ3) is 8.93. The lowest BCUT2D eigenvalue weighted by molar-refractivity contribution is 0.578. The largest absolute Gasteiger partial charge is 0.341 e. The predicted octanol–water partition coefficient (Wildman–Crippen LogP) is 11.7. The van der Waals surface area contributed by atoms with E-state index in [1.165, 1.54) is 60.7 Å². The quantitative estimate of drug-likeness (QED) is 0.0485. The van der Waals surface area contributed by atoms with Gasteiger partial charge in [0.05, 0.1) is 33.8 Å². The predicted molar refractivity (Wildman–Crippen MR) is 199 cm³/mol. The Kier molecular flexibility index (Phi) is 14.0. The first-order valence-electron chi connectivity index (χ1n) is 15.5. The van der Waals surface area contributed by atoms with Crippen molar-refractivity contribution in [3.05, 3.63) is 115 Å². The summed E-state index contributed by atoms with van der Waals surface area (Å²) < 4.78 is 56.9. The van der Waals surface area contributed by atoms with E-state index in [1.54, 1.807) is 4.57 Å². The maximum Gasteiger partial charge on any atom is 0.159 e. The third-order valence-electron chi connectivity index (χ3n) is 7.45. The van der Waals surface area contributed by atoms with E-state index in [1.807, 2.05) is 47.4 Å². The van der Waals surface area contributed by atoms with Gasteiger partial charge in [-0.15, -0.1) is 0 Å². The smallest absolute Gasteiger partial charge is 0.159 e. The summed E-state index contributed by atoms with van der Waals surface area (Å²) in [5.74, 6) is -2.27. The third-order valence-corrected chi connectivity index (χ3v) is 9.45. The highest BCUT2D eigenvalue weighted by molar-refractivity contribution is 14.1. The molecular weight excluding hydrogens is 818 g/mol. The number of para-hydroxylation sites is 4. The molecule has 5 aromatic rings. The van der Waals surface area contributed by atoms with E-state index in [9.17, 15) is 17.6 Å². The summed E-state index contributed by atoms with van der Waals surface area (Å²) >= 11 is 4.73. The van der Waals surface area contributed by atoms with Gasteiger partial charge in [0.25, 0.3) is 0 Å². The summed E-state index contributed by atoms with van der Waals surface area (Å²) in [4.78, 5) is 8.39. The van der Waals surface area contributed by atoms with Crippen molar-refractivity contribution < 1.29 is 17.6 Å². The van der Waals surface area contributed by atoms with Crippen LogP contribution in [0.1, 0.15) is 52.4 Å². The average molecular weight is 857 g/mol. The average Bonchev–Trinajstić information content (AvgIpc) is 3.60. The summed E-state index contributed by atoms with van der Waals surface area (Å²) in [6.45, 7) is 5.34. The van der Waals surface area contributed by atoms with Crippen molar-refractivity contribution in [3.8, 4) is 5.69 Å². The van der Waals surface area contributed by atoms with Crippen LogP contribution in [0.5, 0.6) is 0 Å². The van der Waals surface area contributed by atoms with Gasteiger partial charge in [-0.05, 0) is 88.4 Å². The molecule has 10 heteroatoms. The molecule has 0 bridgehead atoms. The molecule has 1 atom stereocenters. The number of unbranched alkanes of at least 4 members (excludes halogenated alkanes) is 4. The second kappa shape index (κ2) is 17.9. The zero-order valence-corrected chi connectivity index (χ0v) is 30.3. The van der Waals surface area contributed by atoms with Crippen LogP contribution in [0, 0.1) is 23.3 Å². The molecule has 4 nitrogen and oxygen atoms in total. The van der Waals surface area contributed by atoms with E-state index in [-0.39, 0.29) is 4.17 Å². The monoisotopic (exact) mass is 856 g/mol. The fourth-order valence-corrected chi connectivity index (χ4v) is 6.85. The molecule has 1 aromatic heterocycles. The Hall–Kier alpha value is -2.87. The summed E-state index contributed by atoms with van der Waals surface area (Å²) in [7, 11) is 0. The Morgan fingerprint density at radius 1 is 0.674 bits per heavy atom. The van der Waals surface area contributed by atoms with E-state index in [2.05, 4.69) is 75.0 Å². The SMILES string of the molecule is CCCCCI.CCCCCN1c2ccccc2N(c2ccc(F)cc2F)C1I.Fc1ccc(-n2cnc3ccccc32)c(F)c1. The molecule has 0 amide bonds. The lowest BCUT2D eigenvalue weighted by Gasteiger charge is -2.29. The van der Waals surface area contributed by atoms with Crippen LogP contribution >= 0.6 is 45.2 Å². The van der Waals surface area contributed by atoms with E-state index >= 15 is 0 Å². The van der Waals surface area contributed by atoms with Gasteiger partial charge in [0.2, 0.25) is 0 Å². The van der Waals surface area contributed by atoms with Gasteiger partial charge in [-0.2, -0.15) is 0 Å². The molecule has 2 heterocycles. The second-order valence-electron chi connectivity index (χ2n) is 10.8. The van der Waals surface area contributed by atoms with Crippen LogP contribution in [0.3, 0.4) is 0 Å². The van der Waals surface area contributed by atoms with Gasteiger partial charge < -0.3 is 9.80 Å². The molecule has 1 aliphatic heterocycles. The number of hydrogen-bond acceptors (Lipinski definition) is 3. The number of imidazole rings is 1. The van der Waals surface area contributed by atoms with Gasteiger partial charge in [0, 0.05) is 18.7 Å². The molecule has 0 radical (unpaired) electrons. The van der Waals surface area contributed by atoms with Gasteiger partial charge in [-0.25, -0.2) is 22.5 Å². The van der Waals surface area contributed by atoms with Crippen LogP contribution in [0.2, 0.25) is 0 Å². The molecule has 0 fully saturated rings. The molecule has 0 saturated carbocycles. The Bertz CT molecular complexity index is 1690. The maximum atomic E-state index is 14.3. The first kappa shape index (κ1) is 36.0. The van der Waals surface area contributed by atoms with Crippen LogP contribution in [0.4, 0.5) is 34.6 Å². The van der Waals surface area contributed by atoms with Crippen molar-refractivity contribution in [2.45, 2.75) is 56.5 Å². The van der Waals surface area contributed by atoms with E-state index < -0.39 is 23.3 Å². The van der Waals surface area contributed by atoms with Crippen molar-refractivity contribution in [1.29, 1.82) is 0 Å².